The predicted molar refractivity (Wildman–Crippen MR) is 102 cm³/mol. The summed E-state index contributed by atoms with van der Waals surface area (Å²) in [5.74, 6) is 0.866. The summed E-state index contributed by atoms with van der Waals surface area (Å²) in [4.78, 5) is 14.3. The number of rotatable bonds is 7. The molecule has 0 aliphatic carbocycles. The smallest absolute Gasteiger partial charge is 0.318 e. The van der Waals surface area contributed by atoms with E-state index in [0.717, 1.165) is 16.9 Å². The molecular weight excluding hydrogens is 312 g/mol. The zero-order valence-corrected chi connectivity index (χ0v) is 15.6. The number of amides is 2. The molecule has 2 rings (SSSR count). The Bertz CT molecular complexity index is 684. The van der Waals surface area contributed by atoms with E-state index in [1.807, 2.05) is 68.1 Å². The van der Waals surface area contributed by atoms with Gasteiger partial charge in [0.05, 0.1) is 6.54 Å². The van der Waals surface area contributed by atoms with E-state index in [2.05, 4.69) is 18.3 Å². The third-order valence-corrected chi connectivity index (χ3v) is 4.05. The van der Waals surface area contributed by atoms with Crippen molar-refractivity contribution in [3.8, 4) is 5.75 Å². The summed E-state index contributed by atoms with van der Waals surface area (Å²) in [6.45, 7) is 9.66. The van der Waals surface area contributed by atoms with Gasteiger partial charge in [0.2, 0.25) is 0 Å². The largest absolute Gasteiger partial charge is 0.491 e. The Morgan fingerprint density at radius 3 is 2.48 bits per heavy atom. The Hall–Kier alpha value is -2.49. The first kappa shape index (κ1) is 18.8. The number of nitrogens with zero attached hydrogens (tertiary/aromatic N) is 1. The molecule has 0 saturated heterocycles. The van der Waals surface area contributed by atoms with E-state index < -0.39 is 0 Å². The van der Waals surface area contributed by atoms with Crippen LogP contribution in [0.25, 0.3) is 0 Å². The SMILES string of the molecule is Cc1ccc(OCCNC(=O)N(Cc2ccccc2)C(C)C)c(C)c1. The third-order valence-electron chi connectivity index (χ3n) is 4.05. The molecule has 0 aliphatic heterocycles. The average molecular weight is 340 g/mol. The van der Waals surface area contributed by atoms with Crippen molar-refractivity contribution in [1.82, 2.24) is 10.2 Å². The van der Waals surface area contributed by atoms with Gasteiger partial charge in [-0.3, -0.25) is 0 Å². The van der Waals surface area contributed by atoms with Crippen molar-refractivity contribution in [2.24, 2.45) is 0 Å². The summed E-state index contributed by atoms with van der Waals surface area (Å²) in [5.41, 5.74) is 3.45. The molecule has 0 saturated carbocycles. The molecule has 0 heterocycles. The van der Waals surface area contributed by atoms with E-state index >= 15 is 0 Å². The molecule has 2 amide bonds. The first-order valence-electron chi connectivity index (χ1n) is 8.76. The van der Waals surface area contributed by atoms with Gasteiger partial charge in [-0.2, -0.15) is 0 Å². The van der Waals surface area contributed by atoms with Crippen molar-refractivity contribution in [2.75, 3.05) is 13.2 Å². The molecule has 25 heavy (non-hydrogen) atoms. The van der Waals surface area contributed by atoms with Crippen molar-refractivity contribution in [1.29, 1.82) is 0 Å². The van der Waals surface area contributed by atoms with Crippen LogP contribution in [-0.2, 0) is 6.54 Å². The molecule has 0 spiro atoms. The lowest BCUT2D eigenvalue weighted by Gasteiger charge is -2.27. The fourth-order valence-corrected chi connectivity index (χ4v) is 2.65. The molecule has 2 aromatic carbocycles. The maximum absolute atomic E-state index is 12.5. The second kappa shape index (κ2) is 9.11. The Labute approximate surface area is 150 Å². The van der Waals surface area contributed by atoms with Crippen LogP contribution in [0.2, 0.25) is 0 Å². The fourth-order valence-electron chi connectivity index (χ4n) is 2.65. The highest BCUT2D eigenvalue weighted by molar-refractivity contribution is 5.74. The van der Waals surface area contributed by atoms with Crippen molar-refractivity contribution in [2.45, 2.75) is 40.3 Å². The molecule has 134 valence electrons. The van der Waals surface area contributed by atoms with E-state index in [0.29, 0.717) is 19.7 Å². The van der Waals surface area contributed by atoms with Crippen LogP contribution in [0.5, 0.6) is 5.75 Å². The van der Waals surface area contributed by atoms with Crippen LogP contribution < -0.4 is 10.1 Å². The molecule has 4 heteroatoms. The van der Waals surface area contributed by atoms with E-state index in [1.54, 1.807) is 0 Å². The lowest BCUT2D eigenvalue weighted by molar-refractivity contribution is 0.177. The zero-order chi connectivity index (χ0) is 18.2. The lowest BCUT2D eigenvalue weighted by Crippen LogP contribution is -2.44. The van der Waals surface area contributed by atoms with Crippen LogP contribution in [0.3, 0.4) is 0 Å². The molecule has 0 unspecified atom stereocenters. The van der Waals surface area contributed by atoms with Crippen LogP contribution in [0.15, 0.2) is 48.5 Å². The molecule has 2 aromatic rings. The van der Waals surface area contributed by atoms with Gasteiger partial charge >= 0.3 is 6.03 Å². The molecule has 0 aliphatic rings. The van der Waals surface area contributed by atoms with Crippen molar-refractivity contribution >= 4 is 6.03 Å². The summed E-state index contributed by atoms with van der Waals surface area (Å²) in [7, 11) is 0. The molecular formula is C21H28N2O2. The Kier molecular flexibility index (Phi) is 6.87. The minimum absolute atomic E-state index is 0.0666. The summed E-state index contributed by atoms with van der Waals surface area (Å²) < 4.78 is 5.77. The number of carbonyl (C=O) groups excluding carboxylic acids is 1. The zero-order valence-electron chi connectivity index (χ0n) is 15.6. The summed E-state index contributed by atoms with van der Waals surface area (Å²) in [6.07, 6.45) is 0. The van der Waals surface area contributed by atoms with Gasteiger partial charge in [0, 0.05) is 12.6 Å². The standard InChI is InChI=1S/C21H28N2O2/c1-16(2)23(15-19-8-6-5-7-9-19)21(24)22-12-13-25-20-11-10-17(3)14-18(20)4/h5-11,14,16H,12-13,15H2,1-4H3,(H,22,24). The van der Waals surface area contributed by atoms with Gasteiger partial charge in [-0.05, 0) is 44.9 Å². The monoisotopic (exact) mass is 340 g/mol. The maximum atomic E-state index is 12.5. The Morgan fingerprint density at radius 1 is 1.12 bits per heavy atom. The number of urea groups is 1. The second-order valence-electron chi connectivity index (χ2n) is 6.56. The number of nitrogens with one attached hydrogen (secondary N) is 1. The molecule has 0 radical (unpaired) electrons. The minimum atomic E-state index is -0.0666. The van der Waals surface area contributed by atoms with Gasteiger partial charge in [0.25, 0.3) is 0 Å². The predicted octanol–water partition coefficient (Wildman–Crippen LogP) is 4.30. The lowest BCUT2D eigenvalue weighted by atomic mass is 10.1. The molecule has 0 fully saturated rings. The van der Waals surface area contributed by atoms with Gasteiger partial charge in [0.15, 0.2) is 0 Å². The summed E-state index contributed by atoms with van der Waals surface area (Å²) >= 11 is 0. The summed E-state index contributed by atoms with van der Waals surface area (Å²) in [5, 5.41) is 2.95. The molecule has 0 bridgehead atoms. The number of benzene rings is 2. The topological polar surface area (TPSA) is 41.6 Å². The normalized spacial score (nSPS) is 10.6. The van der Waals surface area contributed by atoms with Crippen LogP contribution >= 0.6 is 0 Å². The third kappa shape index (κ3) is 5.82. The average Bonchev–Trinajstić information content (AvgIpc) is 2.58. The van der Waals surface area contributed by atoms with Gasteiger partial charge in [-0.25, -0.2) is 4.79 Å². The second-order valence-corrected chi connectivity index (χ2v) is 6.56. The highest BCUT2D eigenvalue weighted by atomic mass is 16.5. The van der Waals surface area contributed by atoms with Crippen molar-refractivity contribution < 1.29 is 9.53 Å². The van der Waals surface area contributed by atoms with E-state index in [4.69, 9.17) is 4.74 Å². The number of hydrogen-bond donors (Lipinski definition) is 1. The number of carbonyl (C=O) groups is 1. The summed E-state index contributed by atoms with van der Waals surface area (Å²) in [6, 6.07) is 16.2. The number of ether oxygens (including phenoxy) is 1. The van der Waals surface area contributed by atoms with Gasteiger partial charge in [-0.15, -0.1) is 0 Å². The van der Waals surface area contributed by atoms with Crippen LogP contribution in [0.4, 0.5) is 4.79 Å². The van der Waals surface area contributed by atoms with Gasteiger partial charge in [-0.1, -0.05) is 48.0 Å². The molecule has 1 N–H and O–H groups in total. The van der Waals surface area contributed by atoms with Crippen LogP contribution in [0, 0.1) is 13.8 Å². The Balaban J connectivity index is 1.82. The number of aryl methyl sites for hydroxylation is 2. The first-order valence-corrected chi connectivity index (χ1v) is 8.76. The first-order chi connectivity index (χ1) is 12.0. The maximum Gasteiger partial charge on any atom is 0.318 e. The van der Waals surface area contributed by atoms with E-state index in [9.17, 15) is 4.79 Å². The van der Waals surface area contributed by atoms with Crippen molar-refractivity contribution in [3.63, 3.8) is 0 Å². The van der Waals surface area contributed by atoms with Crippen molar-refractivity contribution in [3.05, 3.63) is 65.2 Å². The molecule has 4 nitrogen and oxygen atoms in total. The highest BCUT2D eigenvalue weighted by Crippen LogP contribution is 2.18. The fraction of sp³-hybridized carbons (Fsp3) is 0.381. The van der Waals surface area contributed by atoms with Crippen LogP contribution in [-0.4, -0.2) is 30.1 Å². The highest BCUT2D eigenvalue weighted by Gasteiger charge is 2.16. The quantitative estimate of drug-likeness (QED) is 0.764. The number of hydrogen-bond acceptors (Lipinski definition) is 2. The van der Waals surface area contributed by atoms with Crippen LogP contribution in [0.1, 0.15) is 30.5 Å². The van der Waals surface area contributed by atoms with Gasteiger partial charge in [0.1, 0.15) is 12.4 Å². The van der Waals surface area contributed by atoms with E-state index in [1.165, 1.54) is 5.56 Å². The van der Waals surface area contributed by atoms with E-state index in [-0.39, 0.29) is 12.1 Å². The molecule has 0 aromatic heterocycles. The molecule has 0 atom stereocenters. The minimum Gasteiger partial charge on any atom is -0.491 e. The Morgan fingerprint density at radius 2 is 1.84 bits per heavy atom. The van der Waals surface area contributed by atoms with Gasteiger partial charge < -0.3 is 15.0 Å².